The summed E-state index contributed by atoms with van der Waals surface area (Å²) in [5.74, 6) is 1.21. The molecule has 2 N–H and O–H groups in total. The van der Waals surface area contributed by atoms with Crippen LogP contribution >= 0.6 is 12.4 Å². The summed E-state index contributed by atoms with van der Waals surface area (Å²) >= 11 is 0. The Morgan fingerprint density at radius 1 is 1.38 bits per heavy atom. The molecule has 0 bridgehead atoms. The Morgan fingerprint density at radius 2 is 2.19 bits per heavy atom. The highest BCUT2D eigenvalue weighted by Gasteiger charge is 2.26. The Morgan fingerprint density at radius 3 is 2.90 bits per heavy atom. The van der Waals surface area contributed by atoms with Gasteiger partial charge in [-0.1, -0.05) is 30.3 Å². The van der Waals surface area contributed by atoms with Crippen molar-refractivity contribution < 1.29 is 4.52 Å². The highest BCUT2D eigenvalue weighted by atomic mass is 35.5. The van der Waals surface area contributed by atoms with Crippen LogP contribution < -0.4 is 10.6 Å². The summed E-state index contributed by atoms with van der Waals surface area (Å²) < 4.78 is 5.10. The van der Waals surface area contributed by atoms with E-state index in [4.69, 9.17) is 10.3 Å². The number of fused-ring (bicyclic) bond motifs is 1. The summed E-state index contributed by atoms with van der Waals surface area (Å²) in [6.45, 7) is 3.20. The number of benzene rings is 1. The third kappa shape index (κ3) is 3.19. The number of aromatic nitrogens is 2. The fraction of sp³-hybridized carbons (Fsp3) is 0.467. The molecule has 6 heteroatoms. The van der Waals surface area contributed by atoms with Gasteiger partial charge >= 0.3 is 0 Å². The van der Waals surface area contributed by atoms with Crippen molar-refractivity contribution in [3.63, 3.8) is 0 Å². The van der Waals surface area contributed by atoms with Gasteiger partial charge in [-0.05, 0) is 30.9 Å². The lowest BCUT2D eigenvalue weighted by Crippen LogP contribution is -2.38. The van der Waals surface area contributed by atoms with Gasteiger partial charge in [-0.2, -0.15) is 4.98 Å². The number of aryl methyl sites for hydroxylation is 1. The van der Waals surface area contributed by atoms with E-state index in [1.807, 2.05) is 0 Å². The first-order chi connectivity index (χ1) is 9.81. The molecule has 1 aliphatic heterocycles. The fourth-order valence-corrected chi connectivity index (χ4v) is 2.91. The Labute approximate surface area is 130 Å². The van der Waals surface area contributed by atoms with E-state index in [9.17, 15) is 0 Å². The molecule has 114 valence electrons. The van der Waals surface area contributed by atoms with Crippen molar-refractivity contribution in [2.45, 2.75) is 45.3 Å². The molecule has 0 fully saturated rings. The maximum Gasteiger partial charge on any atom is 0.240 e. The maximum absolute atomic E-state index is 5.52. The monoisotopic (exact) mass is 308 g/mol. The molecular formula is C15H21ClN4O. The van der Waals surface area contributed by atoms with E-state index in [-0.39, 0.29) is 12.4 Å². The van der Waals surface area contributed by atoms with Gasteiger partial charge in [-0.15, -0.1) is 12.4 Å². The van der Waals surface area contributed by atoms with E-state index in [0.29, 0.717) is 30.8 Å². The first kappa shape index (κ1) is 15.8. The molecular weight excluding hydrogens is 288 g/mol. The number of hydrogen-bond donors (Lipinski definition) is 1. The molecule has 0 saturated heterocycles. The first-order valence-corrected chi connectivity index (χ1v) is 7.18. The highest BCUT2D eigenvalue weighted by Crippen LogP contribution is 2.32. The lowest BCUT2D eigenvalue weighted by atomic mass is 9.94. The molecule has 0 aliphatic carbocycles. The fourth-order valence-electron chi connectivity index (χ4n) is 2.91. The zero-order valence-corrected chi connectivity index (χ0v) is 13.0. The molecule has 3 rings (SSSR count). The third-order valence-electron chi connectivity index (χ3n) is 3.96. The van der Waals surface area contributed by atoms with E-state index in [1.165, 1.54) is 17.7 Å². The van der Waals surface area contributed by atoms with Crippen molar-refractivity contribution in [3.05, 3.63) is 41.5 Å². The molecule has 0 spiro atoms. The molecule has 1 unspecified atom stereocenters. The number of nitrogens with two attached hydrogens (primary N) is 1. The molecule has 1 aromatic heterocycles. The van der Waals surface area contributed by atoms with Crippen molar-refractivity contribution in [2.75, 3.05) is 4.90 Å². The van der Waals surface area contributed by atoms with E-state index in [2.05, 4.69) is 46.2 Å². The summed E-state index contributed by atoms with van der Waals surface area (Å²) in [5.41, 5.74) is 8.22. The SMILES string of the molecule is CCC1CCc2ccccc2N1Cc1noc(CN)n1.Cl. The molecule has 0 radical (unpaired) electrons. The van der Waals surface area contributed by atoms with Crippen LogP contribution in [-0.2, 0) is 19.5 Å². The lowest BCUT2D eigenvalue weighted by molar-refractivity contribution is 0.372. The number of para-hydroxylation sites is 1. The average molecular weight is 309 g/mol. The number of hydrogen-bond acceptors (Lipinski definition) is 5. The molecule has 21 heavy (non-hydrogen) atoms. The summed E-state index contributed by atoms with van der Waals surface area (Å²) in [5, 5.41) is 4.02. The predicted molar refractivity (Wildman–Crippen MR) is 84.5 cm³/mol. The van der Waals surface area contributed by atoms with Crippen LogP contribution in [0.3, 0.4) is 0 Å². The number of rotatable bonds is 4. The smallest absolute Gasteiger partial charge is 0.240 e. The third-order valence-corrected chi connectivity index (χ3v) is 3.96. The van der Waals surface area contributed by atoms with Crippen LogP contribution in [0.15, 0.2) is 28.8 Å². The van der Waals surface area contributed by atoms with Crippen molar-refractivity contribution in [3.8, 4) is 0 Å². The van der Waals surface area contributed by atoms with Crippen molar-refractivity contribution in [1.82, 2.24) is 10.1 Å². The van der Waals surface area contributed by atoms with Crippen LogP contribution in [-0.4, -0.2) is 16.2 Å². The van der Waals surface area contributed by atoms with E-state index in [0.717, 1.165) is 12.8 Å². The molecule has 0 amide bonds. The standard InChI is InChI=1S/C15H20N4O.ClH/c1-2-12-8-7-11-5-3-4-6-13(11)19(12)10-14-17-15(9-16)20-18-14;/h3-6,12H,2,7-10,16H2,1H3;1H. The normalized spacial score (nSPS) is 17.2. The molecule has 2 heterocycles. The van der Waals surface area contributed by atoms with Crippen LogP contribution in [0.1, 0.15) is 37.0 Å². The minimum absolute atomic E-state index is 0. The summed E-state index contributed by atoms with van der Waals surface area (Å²) in [6.07, 6.45) is 3.44. The Bertz CT molecular complexity index is 587. The second-order valence-corrected chi connectivity index (χ2v) is 5.17. The quantitative estimate of drug-likeness (QED) is 0.940. The molecule has 5 nitrogen and oxygen atoms in total. The van der Waals surface area contributed by atoms with Gasteiger partial charge in [-0.3, -0.25) is 0 Å². The molecule has 2 aromatic rings. The van der Waals surface area contributed by atoms with Crippen molar-refractivity contribution in [2.24, 2.45) is 5.73 Å². The van der Waals surface area contributed by atoms with Crippen molar-refractivity contribution in [1.29, 1.82) is 0 Å². The van der Waals surface area contributed by atoms with E-state index in [1.54, 1.807) is 0 Å². The predicted octanol–water partition coefficient (Wildman–Crippen LogP) is 2.68. The molecule has 1 aliphatic rings. The van der Waals surface area contributed by atoms with Gasteiger partial charge in [0.05, 0.1) is 13.1 Å². The number of nitrogens with zero attached hydrogens (tertiary/aromatic N) is 3. The zero-order chi connectivity index (χ0) is 13.9. The number of halogens is 1. The Hall–Kier alpha value is -1.59. The van der Waals surface area contributed by atoms with Gasteiger partial charge in [0, 0.05) is 11.7 Å². The Balaban J connectivity index is 0.00000161. The van der Waals surface area contributed by atoms with Crippen LogP contribution in [0.5, 0.6) is 0 Å². The van der Waals surface area contributed by atoms with Gasteiger partial charge in [-0.25, -0.2) is 0 Å². The van der Waals surface area contributed by atoms with Crippen LogP contribution in [0.25, 0.3) is 0 Å². The van der Waals surface area contributed by atoms with Gasteiger partial charge in [0.2, 0.25) is 5.89 Å². The van der Waals surface area contributed by atoms with E-state index < -0.39 is 0 Å². The molecule has 1 atom stereocenters. The maximum atomic E-state index is 5.52. The molecule has 1 aromatic carbocycles. The van der Waals surface area contributed by atoms with Gasteiger partial charge < -0.3 is 15.2 Å². The first-order valence-electron chi connectivity index (χ1n) is 7.18. The Kier molecular flexibility index (Phi) is 5.20. The van der Waals surface area contributed by atoms with Crippen LogP contribution in [0.2, 0.25) is 0 Å². The minimum atomic E-state index is 0. The summed E-state index contributed by atoms with van der Waals surface area (Å²) in [7, 11) is 0. The number of anilines is 1. The van der Waals surface area contributed by atoms with Crippen molar-refractivity contribution >= 4 is 18.1 Å². The summed E-state index contributed by atoms with van der Waals surface area (Å²) in [4.78, 5) is 6.71. The van der Waals surface area contributed by atoms with Gasteiger partial charge in [0.1, 0.15) is 0 Å². The highest BCUT2D eigenvalue weighted by molar-refractivity contribution is 5.85. The zero-order valence-electron chi connectivity index (χ0n) is 12.2. The lowest BCUT2D eigenvalue weighted by Gasteiger charge is -2.37. The van der Waals surface area contributed by atoms with Crippen LogP contribution in [0, 0.1) is 0 Å². The van der Waals surface area contributed by atoms with Gasteiger partial charge in [0.15, 0.2) is 5.82 Å². The minimum Gasteiger partial charge on any atom is -0.361 e. The average Bonchev–Trinajstić information content (AvgIpc) is 2.95. The topological polar surface area (TPSA) is 68.2 Å². The second kappa shape index (κ2) is 6.91. The summed E-state index contributed by atoms with van der Waals surface area (Å²) in [6, 6.07) is 9.11. The van der Waals surface area contributed by atoms with Crippen LogP contribution in [0.4, 0.5) is 5.69 Å². The largest absolute Gasteiger partial charge is 0.361 e. The second-order valence-electron chi connectivity index (χ2n) is 5.17. The van der Waals surface area contributed by atoms with Gasteiger partial charge in [0.25, 0.3) is 0 Å². The molecule has 0 saturated carbocycles. The van der Waals surface area contributed by atoms with E-state index >= 15 is 0 Å².